The summed E-state index contributed by atoms with van der Waals surface area (Å²) in [6.45, 7) is -1.80. The van der Waals surface area contributed by atoms with E-state index in [1.165, 1.54) is 30.6 Å². The number of alkyl halides is 3. The number of nitrogens with zero attached hydrogens (tertiary/aromatic N) is 2. The van der Waals surface area contributed by atoms with Gasteiger partial charge >= 0.3 is 6.18 Å². The molecule has 1 amide bonds. The van der Waals surface area contributed by atoms with Gasteiger partial charge in [0.2, 0.25) is 0 Å². The van der Waals surface area contributed by atoms with Crippen LogP contribution in [-0.4, -0.2) is 28.5 Å². The van der Waals surface area contributed by atoms with E-state index in [-0.39, 0.29) is 11.3 Å². The summed E-state index contributed by atoms with van der Waals surface area (Å²) in [5.74, 6) is -1.11. The largest absolute Gasteiger partial charge is 0.411 e. The molecule has 2 rings (SSSR count). The van der Waals surface area contributed by atoms with Crippen molar-refractivity contribution < 1.29 is 27.1 Å². The van der Waals surface area contributed by atoms with Gasteiger partial charge < -0.3 is 10.1 Å². The molecule has 2 aromatic rings. The second kappa shape index (κ2) is 6.56. The molecule has 0 aliphatic rings. The van der Waals surface area contributed by atoms with Crippen molar-refractivity contribution in [2.45, 2.75) is 12.9 Å². The van der Waals surface area contributed by atoms with Gasteiger partial charge in [0.1, 0.15) is 19.2 Å². The van der Waals surface area contributed by atoms with Crippen LogP contribution in [0.25, 0.3) is 0 Å². The summed E-state index contributed by atoms with van der Waals surface area (Å²) in [7, 11) is 0. The van der Waals surface area contributed by atoms with Crippen LogP contribution in [0.4, 0.5) is 23.2 Å². The number of carbonyl (C=O) groups excluding carboxylic acids is 1. The van der Waals surface area contributed by atoms with Gasteiger partial charge in [-0.3, -0.25) is 4.79 Å². The quantitative estimate of drug-likeness (QED) is 0.863. The number of carbonyl (C=O) groups is 1. The molecule has 0 saturated heterocycles. The molecule has 1 heterocycles. The summed E-state index contributed by atoms with van der Waals surface area (Å²) in [5.41, 5.74) is 0.367. The van der Waals surface area contributed by atoms with Crippen LogP contribution in [0, 0.1) is 5.82 Å². The standard InChI is InChI=1S/C13H11F4N3O2/c14-10-3-1-2-9(4-10)12(21)19-11-5-18-20(6-11)8-22-7-13(15,16)17/h1-6H,7-8H2,(H,19,21). The number of benzene rings is 1. The Hall–Kier alpha value is -2.42. The van der Waals surface area contributed by atoms with Gasteiger partial charge in [0.25, 0.3) is 5.91 Å². The molecule has 9 heteroatoms. The minimum Gasteiger partial charge on any atom is -0.350 e. The molecule has 0 atom stereocenters. The first kappa shape index (κ1) is 16.0. The highest BCUT2D eigenvalue weighted by atomic mass is 19.4. The Labute approximate surface area is 122 Å². The Morgan fingerprint density at radius 1 is 1.36 bits per heavy atom. The fraction of sp³-hybridized carbons (Fsp3) is 0.231. The molecule has 0 aliphatic heterocycles. The zero-order valence-electron chi connectivity index (χ0n) is 11.1. The van der Waals surface area contributed by atoms with Crippen LogP contribution in [0.2, 0.25) is 0 Å². The molecule has 0 radical (unpaired) electrons. The van der Waals surface area contributed by atoms with E-state index in [9.17, 15) is 22.4 Å². The third-order valence-corrected chi connectivity index (χ3v) is 2.47. The van der Waals surface area contributed by atoms with E-state index in [0.29, 0.717) is 0 Å². The number of ether oxygens (including phenoxy) is 1. The van der Waals surface area contributed by atoms with E-state index < -0.39 is 31.2 Å². The predicted molar refractivity (Wildman–Crippen MR) is 68.6 cm³/mol. The molecule has 118 valence electrons. The number of aromatic nitrogens is 2. The molecule has 1 aromatic carbocycles. The van der Waals surface area contributed by atoms with Crippen LogP contribution >= 0.6 is 0 Å². The van der Waals surface area contributed by atoms with Crippen LogP contribution in [0.1, 0.15) is 10.4 Å². The lowest BCUT2D eigenvalue weighted by molar-refractivity contribution is -0.182. The van der Waals surface area contributed by atoms with Crippen molar-refractivity contribution in [1.29, 1.82) is 0 Å². The van der Waals surface area contributed by atoms with Gasteiger partial charge in [-0.05, 0) is 18.2 Å². The Bertz CT molecular complexity index is 655. The summed E-state index contributed by atoms with van der Waals surface area (Å²) < 4.78 is 54.2. The number of hydrogen-bond donors (Lipinski definition) is 1. The Kier molecular flexibility index (Phi) is 4.76. The minimum atomic E-state index is -4.42. The summed E-state index contributed by atoms with van der Waals surface area (Å²) in [5, 5.41) is 6.18. The van der Waals surface area contributed by atoms with Gasteiger partial charge in [-0.1, -0.05) is 6.07 Å². The van der Waals surface area contributed by atoms with E-state index in [2.05, 4.69) is 15.2 Å². The van der Waals surface area contributed by atoms with Gasteiger partial charge in [-0.2, -0.15) is 18.3 Å². The third-order valence-electron chi connectivity index (χ3n) is 2.47. The molecule has 0 spiro atoms. The summed E-state index contributed by atoms with van der Waals surface area (Å²) in [6.07, 6.45) is -1.87. The lowest BCUT2D eigenvalue weighted by Crippen LogP contribution is -2.18. The number of hydrogen-bond acceptors (Lipinski definition) is 3. The van der Waals surface area contributed by atoms with Gasteiger partial charge in [-0.15, -0.1) is 0 Å². The minimum absolute atomic E-state index is 0.112. The van der Waals surface area contributed by atoms with Crippen LogP contribution in [0.3, 0.4) is 0 Å². The highest BCUT2D eigenvalue weighted by Gasteiger charge is 2.27. The molecule has 22 heavy (non-hydrogen) atoms. The second-order valence-corrected chi connectivity index (χ2v) is 4.33. The van der Waals surface area contributed by atoms with Crippen molar-refractivity contribution in [3.8, 4) is 0 Å². The molecule has 0 bridgehead atoms. The normalized spacial score (nSPS) is 11.5. The number of anilines is 1. The van der Waals surface area contributed by atoms with Crippen molar-refractivity contribution in [2.24, 2.45) is 0 Å². The van der Waals surface area contributed by atoms with Crippen LogP contribution < -0.4 is 5.32 Å². The molecular formula is C13H11F4N3O2. The molecule has 0 fully saturated rings. The van der Waals surface area contributed by atoms with Gasteiger partial charge in [0.05, 0.1) is 18.1 Å². The highest BCUT2D eigenvalue weighted by molar-refractivity contribution is 6.04. The first-order valence-electron chi connectivity index (χ1n) is 6.07. The smallest absolute Gasteiger partial charge is 0.350 e. The molecule has 1 N–H and O–H groups in total. The first-order chi connectivity index (χ1) is 10.3. The van der Waals surface area contributed by atoms with Crippen molar-refractivity contribution in [3.63, 3.8) is 0 Å². The monoisotopic (exact) mass is 317 g/mol. The predicted octanol–water partition coefficient (Wildman–Crippen LogP) is 2.81. The summed E-state index contributed by atoms with van der Waals surface area (Å²) in [6, 6.07) is 5.08. The molecule has 0 saturated carbocycles. The van der Waals surface area contributed by atoms with Crippen LogP contribution in [0.15, 0.2) is 36.7 Å². The Balaban J connectivity index is 1.90. The van der Waals surface area contributed by atoms with E-state index in [4.69, 9.17) is 0 Å². The maximum atomic E-state index is 13.0. The van der Waals surface area contributed by atoms with Crippen LogP contribution in [0.5, 0.6) is 0 Å². The van der Waals surface area contributed by atoms with Crippen LogP contribution in [-0.2, 0) is 11.5 Å². The third kappa shape index (κ3) is 4.85. The topological polar surface area (TPSA) is 56.2 Å². The number of halogens is 4. The van der Waals surface area contributed by atoms with Gasteiger partial charge in [-0.25, -0.2) is 9.07 Å². The molecule has 0 aliphatic carbocycles. The van der Waals surface area contributed by atoms with E-state index in [0.717, 1.165) is 10.7 Å². The molecule has 0 unspecified atom stereocenters. The molecular weight excluding hydrogens is 306 g/mol. The maximum Gasteiger partial charge on any atom is 0.411 e. The van der Waals surface area contributed by atoms with Crippen molar-refractivity contribution in [3.05, 3.63) is 48.0 Å². The van der Waals surface area contributed by atoms with E-state index >= 15 is 0 Å². The van der Waals surface area contributed by atoms with Crippen molar-refractivity contribution in [1.82, 2.24) is 9.78 Å². The van der Waals surface area contributed by atoms with E-state index in [1.807, 2.05) is 0 Å². The maximum absolute atomic E-state index is 13.0. The first-order valence-corrected chi connectivity index (χ1v) is 6.07. The molecule has 1 aromatic heterocycles. The Morgan fingerprint density at radius 2 is 2.14 bits per heavy atom. The zero-order chi connectivity index (χ0) is 16.2. The van der Waals surface area contributed by atoms with Crippen molar-refractivity contribution in [2.75, 3.05) is 11.9 Å². The summed E-state index contributed by atoms with van der Waals surface area (Å²) >= 11 is 0. The summed E-state index contributed by atoms with van der Waals surface area (Å²) in [4.78, 5) is 11.8. The number of rotatable bonds is 5. The number of amides is 1. The number of nitrogens with one attached hydrogen (secondary N) is 1. The SMILES string of the molecule is O=C(Nc1cnn(COCC(F)(F)F)c1)c1cccc(F)c1. The average molecular weight is 317 g/mol. The average Bonchev–Trinajstić information content (AvgIpc) is 2.85. The Morgan fingerprint density at radius 3 is 2.82 bits per heavy atom. The van der Waals surface area contributed by atoms with Gasteiger partial charge in [0, 0.05) is 5.56 Å². The lowest BCUT2D eigenvalue weighted by Gasteiger charge is -2.07. The van der Waals surface area contributed by atoms with Gasteiger partial charge in [0.15, 0.2) is 0 Å². The fourth-order valence-electron chi connectivity index (χ4n) is 1.59. The lowest BCUT2D eigenvalue weighted by atomic mass is 10.2. The molecule has 5 nitrogen and oxygen atoms in total. The van der Waals surface area contributed by atoms with Crippen molar-refractivity contribution >= 4 is 11.6 Å². The zero-order valence-corrected chi connectivity index (χ0v) is 11.1. The highest BCUT2D eigenvalue weighted by Crippen LogP contribution is 2.15. The fourth-order valence-corrected chi connectivity index (χ4v) is 1.59. The van der Waals surface area contributed by atoms with E-state index in [1.54, 1.807) is 0 Å². The second-order valence-electron chi connectivity index (χ2n) is 4.33.